The Morgan fingerprint density at radius 1 is 1.23 bits per heavy atom. The van der Waals surface area contributed by atoms with E-state index in [1.54, 1.807) is 0 Å². The van der Waals surface area contributed by atoms with E-state index in [-0.39, 0.29) is 12.8 Å². The number of esters is 1. The van der Waals surface area contributed by atoms with Crippen LogP contribution in [0.1, 0.15) is 25.7 Å². The number of carboxylic acid groups (broad SMARTS) is 1. The zero-order valence-electron chi connectivity index (χ0n) is 6.83. The second kappa shape index (κ2) is 6.97. The number of ether oxygens (including phenoxy) is 1. The van der Waals surface area contributed by atoms with Gasteiger partial charge >= 0.3 is 11.9 Å². The van der Waals surface area contributed by atoms with Crippen LogP contribution in [-0.2, 0) is 14.3 Å². The van der Waals surface area contributed by atoms with Crippen LogP contribution >= 0.6 is 23.2 Å². The molecule has 0 aromatic heterocycles. The number of carbonyl (C=O) groups is 2. The lowest BCUT2D eigenvalue weighted by molar-refractivity contribution is -0.143. The van der Waals surface area contributed by atoms with Crippen molar-refractivity contribution in [3.63, 3.8) is 0 Å². The third-order valence-electron chi connectivity index (χ3n) is 1.24. The molecule has 0 rings (SSSR count). The Balaban J connectivity index is 3.32. The van der Waals surface area contributed by atoms with Crippen molar-refractivity contribution in [3.8, 4) is 0 Å². The number of carboxylic acids is 1. The number of alkyl halides is 2. The van der Waals surface area contributed by atoms with Gasteiger partial charge < -0.3 is 9.84 Å². The Labute approximate surface area is 85.8 Å². The van der Waals surface area contributed by atoms with Gasteiger partial charge in [-0.2, -0.15) is 0 Å². The van der Waals surface area contributed by atoms with Gasteiger partial charge in [0.05, 0.1) is 0 Å². The van der Waals surface area contributed by atoms with Gasteiger partial charge in [-0.25, -0.2) is 0 Å². The highest BCUT2D eigenvalue weighted by Gasteiger charge is 2.07. The Kier molecular flexibility index (Phi) is 6.72. The van der Waals surface area contributed by atoms with Gasteiger partial charge in [0.2, 0.25) is 0 Å². The van der Waals surface area contributed by atoms with Crippen molar-refractivity contribution in [1.29, 1.82) is 0 Å². The minimum absolute atomic E-state index is 0.0540. The summed E-state index contributed by atoms with van der Waals surface area (Å²) in [5.74, 6) is -1.39. The maximum atomic E-state index is 10.8. The van der Waals surface area contributed by atoms with Gasteiger partial charge in [0.1, 0.15) is 0 Å². The van der Waals surface area contributed by atoms with Crippen LogP contribution in [0.5, 0.6) is 0 Å². The molecule has 0 aromatic rings. The average Bonchev–Trinajstić information content (AvgIpc) is 1.96. The Hall–Kier alpha value is -0.480. The smallest absolute Gasteiger partial charge is 0.308 e. The molecule has 0 heterocycles. The molecule has 4 nitrogen and oxygen atoms in total. The standard InChI is InChI=1S/C7H10Cl2O4/c8-7(9)13-6(12)4-2-1-3-5(10)11/h7H,1-4H2,(H,10,11). The summed E-state index contributed by atoms with van der Waals surface area (Å²) in [6, 6.07) is 0. The van der Waals surface area contributed by atoms with E-state index in [2.05, 4.69) is 4.74 Å². The van der Waals surface area contributed by atoms with Gasteiger partial charge in [0, 0.05) is 12.8 Å². The number of halogens is 2. The number of unbranched alkanes of at least 4 members (excludes halogenated alkanes) is 1. The third-order valence-corrected chi connectivity index (χ3v) is 1.42. The molecule has 0 aliphatic heterocycles. The van der Waals surface area contributed by atoms with Crippen molar-refractivity contribution in [2.45, 2.75) is 30.7 Å². The highest BCUT2D eigenvalue weighted by molar-refractivity contribution is 6.43. The van der Waals surface area contributed by atoms with Crippen LogP contribution in [0.3, 0.4) is 0 Å². The van der Waals surface area contributed by atoms with Gasteiger partial charge in [-0.05, 0) is 12.8 Å². The molecule has 13 heavy (non-hydrogen) atoms. The van der Waals surface area contributed by atoms with E-state index in [0.717, 1.165) is 0 Å². The molecule has 0 aromatic carbocycles. The molecular formula is C7H10Cl2O4. The first-order chi connectivity index (χ1) is 6.02. The highest BCUT2D eigenvalue weighted by atomic mass is 35.5. The molecule has 0 unspecified atom stereocenters. The predicted molar refractivity (Wildman–Crippen MR) is 47.7 cm³/mol. The minimum Gasteiger partial charge on any atom is -0.481 e. The molecule has 0 aliphatic carbocycles. The van der Waals surface area contributed by atoms with E-state index in [1.807, 2.05) is 0 Å². The summed E-state index contributed by atoms with van der Waals surface area (Å²) in [6.07, 6.45) is 1.10. The van der Waals surface area contributed by atoms with E-state index in [9.17, 15) is 9.59 Å². The molecule has 0 fully saturated rings. The van der Waals surface area contributed by atoms with Crippen LogP contribution in [0.15, 0.2) is 0 Å². The van der Waals surface area contributed by atoms with Crippen molar-refractivity contribution in [1.82, 2.24) is 0 Å². The van der Waals surface area contributed by atoms with Gasteiger partial charge in [-0.15, -0.1) is 0 Å². The number of hydrogen-bond acceptors (Lipinski definition) is 3. The summed E-state index contributed by atoms with van der Waals surface area (Å²) in [5.41, 5.74) is 0. The number of aliphatic carboxylic acids is 1. The summed E-state index contributed by atoms with van der Waals surface area (Å²) in [7, 11) is 0. The predicted octanol–water partition coefficient (Wildman–Crippen LogP) is 1.94. The van der Waals surface area contributed by atoms with Crippen molar-refractivity contribution in [2.24, 2.45) is 0 Å². The first kappa shape index (κ1) is 12.5. The molecule has 0 aliphatic rings. The summed E-state index contributed by atoms with van der Waals surface area (Å²) in [6.45, 7) is 0. The second-order valence-corrected chi connectivity index (χ2v) is 3.37. The molecule has 6 heteroatoms. The van der Waals surface area contributed by atoms with E-state index in [0.29, 0.717) is 12.8 Å². The molecule has 0 saturated carbocycles. The molecule has 0 radical (unpaired) electrons. The SMILES string of the molecule is O=C(O)CCCCC(=O)OC(Cl)Cl. The van der Waals surface area contributed by atoms with Gasteiger partial charge in [-0.3, -0.25) is 9.59 Å². The fourth-order valence-electron chi connectivity index (χ4n) is 0.704. The number of hydrogen-bond donors (Lipinski definition) is 1. The lowest BCUT2D eigenvalue weighted by Crippen LogP contribution is -2.07. The summed E-state index contributed by atoms with van der Waals surface area (Å²) in [4.78, 5) is 20.8. The lowest BCUT2D eigenvalue weighted by Gasteiger charge is -2.03. The van der Waals surface area contributed by atoms with Gasteiger partial charge in [0.25, 0.3) is 5.02 Å². The average molecular weight is 229 g/mol. The van der Waals surface area contributed by atoms with Gasteiger partial charge in [-0.1, -0.05) is 23.2 Å². The van der Waals surface area contributed by atoms with E-state index in [4.69, 9.17) is 28.3 Å². The van der Waals surface area contributed by atoms with Crippen LogP contribution in [0.25, 0.3) is 0 Å². The summed E-state index contributed by atoms with van der Waals surface area (Å²) >= 11 is 10.3. The molecule has 0 bridgehead atoms. The minimum atomic E-state index is -1.15. The lowest BCUT2D eigenvalue weighted by atomic mass is 10.2. The highest BCUT2D eigenvalue weighted by Crippen LogP contribution is 2.07. The van der Waals surface area contributed by atoms with Crippen molar-refractivity contribution in [3.05, 3.63) is 0 Å². The second-order valence-electron chi connectivity index (χ2n) is 2.35. The van der Waals surface area contributed by atoms with E-state index >= 15 is 0 Å². The van der Waals surface area contributed by atoms with Crippen LogP contribution in [0, 0.1) is 0 Å². The zero-order chi connectivity index (χ0) is 10.3. The molecule has 0 atom stereocenters. The van der Waals surface area contributed by atoms with E-state index in [1.165, 1.54) is 0 Å². The molecule has 0 amide bonds. The largest absolute Gasteiger partial charge is 0.481 e. The first-order valence-electron chi connectivity index (χ1n) is 3.72. The summed E-state index contributed by atoms with van der Waals surface area (Å²) in [5, 5.41) is 7.12. The number of rotatable bonds is 6. The van der Waals surface area contributed by atoms with Crippen molar-refractivity contribution in [2.75, 3.05) is 0 Å². The van der Waals surface area contributed by atoms with Gasteiger partial charge in [0.15, 0.2) is 0 Å². The normalized spacial score (nSPS) is 10.1. The fourth-order valence-corrected chi connectivity index (χ4v) is 0.903. The topological polar surface area (TPSA) is 63.6 Å². The van der Waals surface area contributed by atoms with Crippen LogP contribution in [-0.4, -0.2) is 22.1 Å². The van der Waals surface area contributed by atoms with E-state index < -0.39 is 17.0 Å². The van der Waals surface area contributed by atoms with Crippen molar-refractivity contribution >= 4 is 35.1 Å². The molecule has 1 N–H and O–H groups in total. The fraction of sp³-hybridized carbons (Fsp3) is 0.714. The van der Waals surface area contributed by atoms with Crippen LogP contribution < -0.4 is 0 Å². The Bertz CT molecular complexity index is 181. The maximum Gasteiger partial charge on any atom is 0.308 e. The third kappa shape index (κ3) is 9.43. The first-order valence-corrected chi connectivity index (χ1v) is 4.59. The molecule has 0 spiro atoms. The Morgan fingerprint density at radius 2 is 1.77 bits per heavy atom. The Morgan fingerprint density at radius 3 is 2.23 bits per heavy atom. The molecule has 0 saturated heterocycles. The number of carbonyl (C=O) groups excluding carboxylic acids is 1. The zero-order valence-corrected chi connectivity index (χ0v) is 8.35. The van der Waals surface area contributed by atoms with Crippen molar-refractivity contribution < 1.29 is 19.4 Å². The maximum absolute atomic E-state index is 10.8. The molecular weight excluding hydrogens is 219 g/mol. The van der Waals surface area contributed by atoms with Crippen LogP contribution in [0.4, 0.5) is 0 Å². The van der Waals surface area contributed by atoms with Crippen LogP contribution in [0.2, 0.25) is 0 Å². The quantitative estimate of drug-likeness (QED) is 0.429. The summed E-state index contributed by atoms with van der Waals surface area (Å²) < 4.78 is 4.40. The molecule has 76 valence electrons. The monoisotopic (exact) mass is 228 g/mol.